The molecular formula is C23H23BrN2O3. The first-order valence-corrected chi connectivity index (χ1v) is 10.7. The Kier molecular flexibility index (Phi) is 5.54. The van der Waals surface area contributed by atoms with E-state index in [4.69, 9.17) is 0 Å². The maximum absolute atomic E-state index is 13.1. The van der Waals surface area contributed by atoms with Gasteiger partial charge >= 0.3 is 0 Å². The fraction of sp³-hybridized carbons (Fsp3) is 0.348. The SMILES string of the molecule is Cc1cc(/C(O)=C2/C(=O)C(=O)N(C3CCCCC3)C2c2ccncc2)ccc1Br. The number of aryl methyl sites for hydroxylation is 1. The van der Waals surface area contributed by atoms with Crippen molar-refractivity contribution in [1.82, 2.24) is 9.88 Å². The van der Waals surface area contributed by atoms with Crippen molar-refractivity contribution < 1.29 is 14.7 Å². The number of aliphatic hydroxyl groups is 1. The number of amides is 1. The van der Waals surface area contributed by atoms with E-state index in [1.807, 2.05) is 31.2 Å². The van der Waals surface area contributed by atoms with E-state index in [-0.39, 0.29) is 17.4 Å². The number of hydrogen-bond acceptors (Lipinski definition) is 4. The Morgan fingerprint density at radius 1 is 1.10 bits per heavy atom. The molecule has 1 N–H and O–H groups in total. The second kappa shape index (κ2) is 8.11. The average Bonchev–Trinajstić information content (AvgIpc) is 3.01. The standard InChI is InChI=1S/C23H23BrN2O3/c1-14-13-16(7-8-18(14)24)21(27)19-20(15-9-11-25-12-10-15)26(23(29)22(19)28)17-5-3-2-4-6-17/h7-13,17,20,27H,2-6H2,1H3/b21-19-. The van der Waals surface area contributed by atoms with E-state index in [2.05, 4.69) is 20.9 Å². The molecule has 5 nitrogen and oxygen atoms in total. The first-order valence-electron chi connectivity index (χ1n) is 9.95. The second-order valence-corrected chi connectivity index (χ2v) is 8.60. The monoisotopic (exact) mass is 454 g/mol. The number of Topliss-reactive ketones (excluding diaryl/α,β-unsaturated/α-hetero) is 1. The number of carbonyl (C=O) groups is 2. The molecule has 2 aliphatic rings. The molecule has 0 radical (unpaired) electrons. The fourth-order valence-electron chi connectivity index (χ4n) is 4.41. The number of halogens is 1. The van der Waals surface area contributed by atoms with Crippen LogP contribution in [0, 0.1) is 6.92 Å². The van der Waals surface area contributed by atoms with Crippen molar-refractivity contribution in [2.75, 3.05) is 0 Å². The quantitative estimate of drug-likeness (QED) is 0.406. The van der Waals surface area contributed by atoms with Gasteiger partial charge < -0.3 is 10.0 Å². The minimum Gasteiger partial charge on any atom is -0.507 e. The second-order valence-electron chi connectivity index (χ2n) is 7.74. The summed E-state index contributed by atoms with van der Waals surface area (Å²) in [5, 5.41) is 11.1. The summed E-state index contributed by atoms with van der Waals surface area (Å²) in [6.45, 7) is 1.92. The number of benzene rings is 1. The number of rotatable bonds is 3. The number of aliphatic hydroxyl groups excluding tert-OH is 1. The van der Waals surface area contributed by atoms with E-state index in [1.54, 1.807) is 23.4 Å². The Balaban J connectivity index is 1.87. The number of carbonyl (C=O) groups excluding carboxylic acids is 2. The number of hydrogen-bond donors (Lipinski definition) is 1. The third-order valence-electron chi connectivity index (χ3n) is 5.90. The molecule has 2 heterocycles. The van der Waals surface area contributed by atoms with Crippen LogP contribution < -0.4 is 0 Å². The van der Waals surface area contributed by atoms with Crippen LogP contribution in [0.1, 0.15) is 54.8 Å². The van der Waals surface area contributed by atoms with E-state index < -0.39 is 17.7 Å². The van der Waals surface area contributed by atoms with Crippen LogP contribution in [-0.4, -0.2) is 32.7 Å². The molecule has 1 aliphatic carbocycles. The van der Waals surface area contributed by atoms with Gasteiger partial charge in [0.15, 0.2) is 0 Å². The molecule has 0 spiro atoms. The molecule has 1 amide bonds. The van der Waals surface area contributed by atoms with Gasteiger partial charge in [0.05, 0.1) is 11.6 Å². The summed E-state index contributed by atoms with van der Waals surface area (Å²) in [6, 6.07) is 8.45. The topological polar surface area (TPSA) is 70.5 Å². The molecule has 1 atom stereocenters. The van der Waals surface area contributed by atoms with Gasteiger partial charge in [-0.25, -0.2) is 0 Å². The normalized spacial score (nSPS) is 22.3. The molecule has 0 bridgehead atoms. The molecular weight excluding hydrogens is 432 g/mol. The number of pyridine rings is 1. The molecule has 1 saturated carbocycles. The van der Waals surface area contributed by atoms with Crippen LogP contribution in [0.2, 0.25) is 0 Å². The van der Waals surface area contributed by atoms with Gasteiger partial charge in [-0.2, -0.15) is 0 Å². The van der Waals surface area contributed by atoms with E-state index >= 15 is 0 Å². The Bertz CT molecular complexity index is 981. The molecule has 6 heteroatoms. The van der Waals surface area contributed by atoms with Gasteiger partial charge in [0.1, 0.15) is 5.76 Å². The summed E-state index contributed by atoms with van der Waals surface area (Å²) in [6.07, 6.45) is 8.31. The van der Waals surface area contributed by atoms with Gasteiger partial charge in [-0.05, 0) is 55.2 Å². The number of likely N-dealkylation sites (tertiary alicyclic amines) is 1. The Labute approximate surface area is 178 Å². The number of nitrogens with zero attached hydrogens (tertiary/aromatic N) is 2. The highest BCUT2D eigenvalue weighted by Crippen LogP contribution is 2.43. The van der Waals surface area contributed by atoms with Crippen molar-refractivity contribution in [3.63, 3.8) is 0 Å². The minimum atomic E-state index is -0.615. The van der Waals surface area contributed by atoms with Gasteiger partial charge in [-0.1, -0.05) is 41.3 Å². The third-order valence-corrected chi connectivity index (χ3v) is 6.79. The lowest BCUT2D eigenvalue weighted by Crippen LogP contribution is -2.40. The fourth-order valence-corrected chi connectivity index (χ4v) is 4.65. The lowest BCUT2D eigenvalue weighted by atomic mass is 9.91. The first-order chi connectivity index (χ1) is 14.0. The maximum atomic E-state index is 13.1. The van der Waals surface area contributed by atoms with Crippen molar-refractivity contribution >= 4 is 33.4 Å². The van der Waals surface area contributed by atoms with Crippen LogP contribution in [0.15, 0.2) is 52.8 Å². The molecule has 1 unspecified atom stereocenters. The highest BCUT2D eigenvalue weighted by molar-refractivity contribution is 9.10. The molecule has 1 aromatic carbocycles. The van der Waals surface area contributed by atoms with Crippen LogP contribution in [0.25, 0.3) is 5.76 Å². The molecule has 2 fully saturated rings. The van der Waals surface area contributed by atoms with Crippen molar-refractivity contribution in [3.05, 3.63) is 69.5 Å². The molecule has 150 valence electrons. The summed E-state index contributed by atoms with van der Waals surface area (Å²) in [5.74, 6) is -1.26. The zero-order valence-corrected chi connectivity index (χ0v) is 17.9. The maximum Gasteiger partial charge on any atom is 0.295 e. The van der Waals surface area contributed by atoms with Crippen molar-refractivity contribution in [1.29, 1.82) is 0 Å². The van der Waals surface area contributed by atoms with Crippen LogP contribution in [0.4, 0.5) is 0 Å². The molecule has 4 rings (SSSR count). The van der Waals surface area contributed by atoms with Crippen molar-refractivity contribution in [2.24, 2.45) is 0 Å². The van der Waals surface area contributed by atoms with Crippen LogP contribution in [0.5, 0.6) is 0 Å². The number of aromatic nitrogens is 1. The lowest BCUT2D eigenvalue weighted by Gasteiger charge is -2.35. The van der Waals surface area contributed by atoms with Gasteiger partial charge in [-0.15, -0.1) is 0 Å². The van der Waals surface area contributed by atoms with Crippen molar-refractivity contribution in [2.45, 2.75) is 51.1 Å². The highest BCUT2D eigenvalue weighted by Gasteiger charge is 2.48. The zero-order valence-electron chi connectivity index (χ0n) is 16.3. The summed E-state index contributed by atoms with van der Waals surface area (Å²) < 4.78 is 0.919. The van der Waals surface area contributed by atoms with Crippen molar-refractivity contribution in [3.8, 4) is 0 Å². The summed E-state index contributed by atoms with van der Waals surface area (Å²) in [4.78, 5) is 31.9. The Morgan fingerprint density at radius 3 is 2.45 bits per heavy atom. The molecule has 1 saturated heterocycles. The Hall–Kier alpha value is -2.47. The van der Waals surface area contributed by atoms with Gasteiger partial charge in [0.25, 0.3) is 11.7 Å². The average molecular weight is 455 g/mol. The van der Waals surface area contributed by atoms with E-state index in [9.17, 15) is 14.7 Å². The predicted molar refractivity (Wildman–Crippen MR) is 114 cm³/mol. The molecule has 2 aromatic rings. The minimum absolute atomic E-state index is 0.00955. The Morgan fingerprint density at radius 2 is 1.79 bits per heavy atom. The molecule has 1 aromatic heterocycles. The molecule has 29 heavy (non-hydrogen) atoms. The summed E-state index contributed by atoms with van der Waals surface area (Å²) >= 11 is 3.46. The van der Waals surface area contributed by atoms with E-state index in [1.165, 1.54) is 0 Å². The third kappa shape index (κ3) is 3.62. The first kappa shape index (κ1) is 19.8. The van der Waals surface area contributed by atoms with Gasteiger partial charge in [-0.3, -0.25) is 14.6 Å². The predicted octanol–water partition coefficient (Wildman–Crippen LogP) is 4.91. The van der Waals surface area contributed by atoms with Gasteiger partial charge in [0, 0.05) is 28.5 Å². The lowest BCUT2D eigenvalue weighted by molar-refractivity contribution is -0.141. The van der Waals surface area contributed by atoms with Crippen LogP contribution >= 0.6 is 15.9 Å². The van der Waals surface area contributed by atoms with E-state index in [0.29, 0.717) is 5.56 Å². The largest absolute Gasteiger partial charge is 0.507 e. The highest BCUT2D eigenvalue weighted by atomic mass is 79.9. The number of ketones is 1. The van der Waals surface area contributed by atoms with Crippen LogP contribution in [0.3, 0.4) is 0 Å². The smallest absolute Gasteiger partial charge is 0.295 e. The van der Waals surface area contributed by atoms with Crippen LogP contribution in [-0.2, 0) is 9.59 Å². The summed E-state index contributed by atoms with van der Waals surface area (Å²) in [5.41, 5.74) is 2.43. The van der Waals surface area contributed by atoms with Gasteiger partial charge in [0.2, 0.25) is 0 Å². The van der Waals surface area contributed by atoms with E-state index in [0.717, 1.165) is 47.7 Å². The molecule has 1 aliphatic heterocycles. The summed E-state index contributed by atoms with van der Waals surface area (Å²) in [7, 11) is 0. The zero-order chi connectivity index (χ0) is 20.5.